The number of hydrogen-bond acceptors (Lipinski definition) is 5. The van der Waals surface area contributed by atoms with Crippen molar-refractivity contribution in [1.82, 2.24) is 20.0 Å². The SMILES string of the molecule is NC(=O)c1ccc(Cn2nc(C3CCN(CC(=O)O)CC3)c3ccc(CCC4CCNCC4)cc32)cc1. The Kier molecular flexibility index (Phi) is 7.86. The van der Waals surface area contributed by atoms with Gasteiger partial charge in [-0.25, -0.2) is 0 Å². The quantitative estimate of drug-likeness (QED) is 0.413. The molecule has 0 radical (unpaired) electrons. The highest BCUT2D eigenvalue weighted by molar-refractivity contribution is 5.92. The highest BCUT2D eigenvalue weighted by Gasteiger charge is 2.26. The fraction of sp³-hybridized carbons (Fsp3) is 0.483. The molecule has 4 N–H and O–H groups in total. The molecule has 2 aromatic carbocycles. The molecule has 2 saturated heterocycles. The summed E-state index contributed by atoms with van der Waals surface area (Å²) in [7, 11) is 0. The minimum absolute atomic E-state index is 0.101. The number of aryl methyl sites for hydroxylation is 1. The third kappa shape index (κ3) is 6.19. The van der Waals surface area contributed by atoms with E-state index in [1.165, 1.54) is 30.2 Å². The van der Waals surface area contributed by atoms with Gasteiger partial charge in [0.2, 0.25) is 5.91 Å². The van der Waals surface area contributed by atoms with Gasteiger partial charge in [-0.15, -0.1) is 0 Å². The second-order valence-corrected chi connectivity index (χ2v) is 10.6. The third-order valence-corrected chi connectivity index (χ3v) is 8.05. The molecule has 1 aromatic heterocycles. The summed E-state index contributed by atoms with van der Waals surface area (Å²) in [5, 5.41) is 18.9. The second-order valence-electron chi connectivity index (χ2n) is 10.6. The van der Waals surface area contributed by atoms with Crippen LogP contribution in [0.25, 0.3) is 10.9 Å². The number of carbonyl (C=O) groups excluding carboxylic acids is 1. The van der Waals surface area contributed by atoms with Crippen molar-refractivity contribution in [3.8, 4) is 0 Å². The van der Waals surface area contributed by atoms with Gasteiger partial charge < -0.3 is 16.2 Å². The van der Waals surface area contributed by atoms with Crippen LogP contribution in [0.3, 0.4) is 0 Å². The van der Waals surface area contributed by atoms with Gasteiger partial charge in [0.1, 0.15) is 0 Å². The molecule has 196 valence electrons. The summed E-state index contributed by atoms with van der Waals surface area (Å²) in [5.74, 6) is -0.0950. The standard InChI is InChI=1S/C29H37N5O3/c30-29(37)24-6-3-22(4-7-24)18-34-26-17-21(2-1-20-9-13-31-14-10-20)5-8-25(26)28(32-34)23-11-15-33(16-12-23)19-27(35)36/h3-8,17,20,23,31H,1-2,9-16,18-19H2,(H2,30,37)(H,35,36). The largest absolute Gasteiger partial charge is 0.480 e. The number of amides is 1. The zero-order chi connectivity index (χ0) is 25.8. The zero-order valence-corrected chi connectivity index (χ0v) is 21.4. The zero-order valence-electron chi connectivity index (χ0n) is 21.4. The minimum atomic E-state index is -0.771. The summed E-state index contributed by atoms with van der Waals surface area (Å²) in [6.45, 7) is 4.51. The molecule has 3 heterocycles. The van der Waals surface area contributed by atoms with Crippen molar-refractivity contribution < 1.29 is 14.7 Å². The Morgan fingerprint density at radius 1 is 1.00 bits per heavy atom. The molecule has 5 rings (SSSR count). The highest BCUT2D eigenvalue weighted by atomic mass is 16.4. The summed E-state index contributed by atoms with van der Waals surface area (Å²) < 4.78 is 2.10. The molecule has 8 nitrogen and oxygen atoms in total. The number of piperidine rings is 2. The number of primary amides is 1. The predicted octanol–water partition coefficient (Wildman–Crippen LogP) is 3.38. The lowest BCUT2D eigenvalue weighted by Gasteiger charge is -2.30. The van der Waals surface area contributed by atoms with E-state index in [0.29, 0.717) is 18.0 Å². The van der Waals surface area contributed by atoms with E-state index in [1.807, 2.05) is 17.0 Å². The number of aliphatic carboxylic acids is 1. The first-order valence-corrected chi connectivity index (χ1v) is 13.5. The van der Waals surface area contributed by atoms with Gasteiger partial charge in [0.05, 0.1) is 24.3 Å². The number of rotatable bonds is 9. The van der Waals surface area contributed by atoms with Gasteiger partial charge in [0.25, 0.3) is 0 Å². The predicted molar refractivity (Wildman–Crippen MR) is 144 cm³/mol. The van der Waals surface area contributed by atoms with Gasteiger partial charge in [0, 0.05) is 16.9 Å². The van der Waals surface area contributed by atoms with E-state index in [-0.39, 0.29) is 6.54 Å². The molecule has 2 aliphatic rings. The number of likely N-dealkylation sites (tertiary alicyclic amines) is 1. The number of hydrogen-bond donors (Lipinski definition) is 3. The van der Waals surface area contributed by atoms with Crippen LogP contribution in [0.4, 0.5) is 0 Å². The molecule has 0 saturated carbocycles. The Hall–Kier alpha value is -3.23. The van der Waals surface area contributed by atoms with Crippen LogP contribution in [-0.4, -0.2) is 64.4 Å². The molecular weight excluding hydrogens is 466 g/mol. The maximum atomic E-state index is 11.5. The number of benzene rings is 2. The fourth-order valence-electron chi connectivity index (χ4n) is 5.87. The summed E-state index contributed by atoms with van der Waals surface area (Å²) in [4.78, 5) is 24.6. The van der Waals surface area contributed by atoms with Crippen molar-refractivity contribution in [3.63, 3.8) is 0 Å². The average Bonchev–Trinajstić information content (AvgIpc) is 3.26. The first kappa shape index (κ1) is 25.4. The van der Waals surface area contributed by atoms with Crippen LogP contribution in [-0.2, 0) is 17.8 Å². The number of nitrogens with one attached hydrogen (secondary N) is 1. The van der Waals surface area contributed by atoms with Crippen LogP contribution >= 0.6 is 0 Å². The first-order valence-electron chi connectivity index (χ1n) is 13.5. The van der Waals surface area contributed by atoms with Gasteiger partial charge in [-0.1, -0.05) is 24.3 Å². The smallest absolute Gasteiger partial charge is 0.317 e. The Labute approximate surface area is 217 Å². The van der Waals surface area contributed by atoms with Crippen LogP contribution < -0.4 is 11.1 Å². The van der Waals surface area contributed by atoms with Gasteiger partial charge in [-0.05, 0) is 99.9 Å². The molecule has 3 aromatic rings. The molecule has 0 spiro atoms. The molecule has 0 aliphatic carbocycles. The first-order chi connectivity index (χ1) is 18.0. The lowest BCUT2D eigenvalue weighted by molar-refractivity contribution is -0.138. The summed E-state index contributed by atoms with van der Waals surface area (Å²) >= 11 is 0. The van der Waals surface area contributed by atoms with Crippen molar-refractivity contribution in [2.24, 2.45) is 11.7 Å². The number of carboxylic acids is 1. The second kappa shape index (κ2) is 11.4. The molecular formula is C29H37N5O3. The van der Waals surface area contributed by atoms with Gasteiger partial charge >= 0.3 is 5.97 Å². The molecule has 1 amide bonds. The molecule has 2 fully saturated rings. The van der Waals surface area contributed by atoms with Crippen LogP contribution in [0.1, 0.15) is 65.2 Å². The molecule has 2 aliphatic heterocycles. The van der Waals surface area contributed by atoms with Crippen molar-refractivity contribution in [2.45, 2.75) is 51.0 Å². The van der Waals surface area contributed by atoms with Crippen LogP contribution in [0.15, 0.2) is 42.5 Å². The van der Waals surface area contributed by atoms with Crippen molar-refractivity contribution >= 4 is 22.8 Å². The number of fused-ring (bicyclic) bond motifs is 1. The van der Waals surface area contributed by atoms with E-state index in [0.717, 1.165) is 68.1 Å². The molecule has 0 unspecified atom stereocenters. The molecule has 8 heteroatoms. The van der Waals surface area contributed by atoms with Crippen molar-refractivity contribution in [3.05, 3.63) is 64.8 Å². The Morgan fingerprint density at radius 3 is 2.38 bits per heavy atom. The topological polar surface area (TPSA) is 113 Å². The lowest BCUT2D eigenvalue weighted by Crippen LogP contribution is -2.36. The number of nitrogens with zero attached hydrogens (tertiary/aromatic N) is 3. The summed E-state index contributed by atoms with van der Waals surface area (Å²) in [6.07, 6.45) is 6.61. The number of aromatic nitrogens is 2. The van der Waals surface area contributed by atoms with Gasteiger partial charge in [-0.2, -0.15) is 5.10 Å². The minimum Gasteiger partial charge on any atom is -0.480 e. The summed E-state index contributed by atoms with van der Waals surface area (Å²) in [6, 6.07) is 14.2. The Balaban J connectivity index is 1.40. The number of carbonyl (C=O) groups is 2. The molecule has 0 bridgehead atoms. The monoisotopic (exact) mass is 503 g/mol. The van der Waals surface area contributed by atoms with E-state index in [4.69, 9.17) is 15.9 Å². The van der Waals surface area contributed by atoms with Crippen LogP contribution in [0.2, 0.25) is 0 Å². The van der Waals surface area contributed by atoms with Gasteiger partial charge in [0.15, 0.2) is 0 Å². The van der Waals surface area contributed by atoms with E-state index in [9.17, 15) is 9.59 Å². The van der Waals surface area contributed by atoms with E-state index >= 15 is 0 Å². The highest BCUT2D eigenvalue weighted by Crippen LogP contribution is 2.34. The van der Waals surface area contributed by atoms with Crippen LogP contribution in [0.5, 0.6) is 0 Å². The van der Waals surface area contributed by atoms with E-state index < -0.39 is 11.9 Å². The Morgan fingerprint density at radius 2 is 1.70 bits per heavy atom. The van der Waals surface area contributed by atoms with E-state index in [2.05, 4.69) is 28.2 Å². The van der Waals surface area contributed by atoms with Crippen molar-refractivity contribution in [2.75, 3.05) is 32.7 Å². The lowest BCUT2D eigenvalue weighted by atomic mass is 9.90. The average molecular weight is 504 g/mol. The van der Waals surface area contributed by atoms with E-state index in [1.54, 1.807) is 12.1 Å². The summed E-state index contributed by atoms with van der Waals surface area (Å²) in [5.41, 5.74) is 10.6. The molecule has 37 heavy (non-hydrogen) atoms. The third-order valence-electron chi connectivity index (χ3n) is 8.05. The maximum Gasteiger partial charge on any atom is 0.317 e. The fourth-order valence-corrected chi connectivity index (χ4v) is 5.87. The maximum absolute atomic E-state index is 11.5. The molecule has 0 atom stereocenters. The number of carboxylic acid groups (broad SMARTS) is 1. The van der Waals surface area contributed by atoms with Crippen LogP contribution in [0, 0.1) is 5.92 Å². The number of nitrogens with two attached hydrogens (primary N) is 1. The van der Waals surface area contributed by atoms with Crippen molar-refractivity contribution in [1.29, 1.82) is 0 Å². The Bertz CT molecular complexity index is 1240. The normalized spacial score (nSPS) is 17.8. The van der Waals surface area contributed by atoms with Gasteiger partial charge in [-0.3, -0.25) is 19.2 Å².